The van der Waals surface area contributed by atoms with Gasteiger partial charge in [0.05, 0.1) is 17.4 Å². The van der Waals surface area contributed by atoms with Gasteiger partial charge in [-0.1, -0.05) is 31.9 Å². The molecule has 0 saturated heterocycles. The minimum Gasteiger partial charge on any atom is -0.329 e. The van der Waals surface area contributed by atoms with E-state index < -0.39 is 0 Å². The summed E-state index contributed by atoms with van der Waals surface area (Å²) in [6.07, 6.45) is 7.55. The summed E-state index contributed by atoms with van der Waals surface area (Å²) < 4.78 is 2.31. The zero-order chi connectivity index (χ0) is 13.1. The highest BCUT2D eigenvalue weighted by Gasteiger charge is 2.24. The lowest BCUT2D eigenvalue weighted by molar-refractivity contribution is 0.330. The van der Waals surface area contributed by atoms with Crippen molar-refractivity contribution in [1.82, 2.24) is 14.9 Å². The van der Waals surface area contributed by atoms with Crippen molar-refractivity contribution in [3.63, 3.8) is 0 Å². The Kier molecular flexibility index (Phi) is 3.83. The van der Waals surface area contributed by atoms with Gasteiger partial charge in [0.25, 0.3) is 0 Å². The number of fused-ring (bicyclic) bond motifs is 1. The highest BCUT2D eigenvalue weighted by molar-refractivity contribution is 5.74. The molecule has 3 nitrogen and oxygen atoms in total. The Morgan fingerprint density at radius 1 is 1.32 bits per heavy atom. The minimum absolute atomic E-state index is 0.588. The molecule has 19 heavy (non-hydrogen) atoms. The first kappa shape index (κ1) is 12.7. The number of imidazole rings is 1. The van der Waals surface area contributed by atoms with E-state index in [1.54, 1.807) is 0 Å². The van der Waals surface area contributed by atoms with Crippen LogP contribution in [0.25, 0.3) is 11.0 Å². The maximum atomic E-state index is 4.49. The van der Waals surface area contributed by atoms with Crippen LogP contribution < -0.4 is 5.32 Å². The predicted octanol–water partition coefficient (Wildman–Crippen LogP) is 3.20. The fourth-order valence-electron chi connectivity index (χ4n) is 3.37. The third-order valence-corrected chi connectivity index (χ3v) is 4.36. The van der Waals surface area contributed by atoms with Crippen LogP contribution in [0.2, 0.25) is 0 Å². The normalized spacial score (nSPS) is 18.2. The average molecular weight is 257 g/mol. The fraction of sp³-hybridized carbons (Fsp3) is 0.562. The minimum atomic E-state index is 0.588. The summed E-state index contributed by atoms with van der Waals surface area (Å²) in [6.45, 7) is 4.29. The molecule has 1 aliphatic rings. The molecule has 0 amide bonds. The molecule has 1 atom stereocenters. The van der Waals surface area contributed by atoms with Crippen LogP contribution in [0, 0.1) is 5.92 Å². The van der Waals surface area contributed by atoms with Gasteiger partial charge < -0.3 is 9.88 Å². The molecule has 102 valence electrons. The Balaban J connectivity index is 1.80. The standard InChI is InChI=1S/C16H23N3/c1-2-17-15(13-7-3-4-8-13)11-19-12-18-14-9-5-6-10-16(14)19/h5-6,9-10,12-13,15,17H,2-4,7-8,11H2,1H3. The predicted molar refractivity (Wildman–Crippen MR) is 79.2 cm³/mol. The van der Waals surface area contributed by atoms with Gasteiger partial charge in [0, 0.05) is 12.6 Å². The summed E-state index contributed by atoms with van der Waals surface area (Å²) in [6, 6.07) is 8.99. The number of hydrogen-bond donors (Lipinski definition) is 1. The first-order valence-electron chi connectivity index (χ1n) is 7.51. The number of likely N-dealkylation sites (N-methyl/N-ethyl adjacent to an activating group) is 1. The molecule has 0 bridgehead atoms. The monoisotopic (exact) mass is 257 g/mol. The third-order valence-electron chi connectivity index (χ3n) is 4.36. The molecule has 0 radical (unpaired) electrons. The lowest BCUT2D eigenvalue weighted by Gasteiger charge is -2.25. The van der Waals surface area contributed by atoms with E-state index in [0.717, 1.165) is 24.5 Å². The van der Waals surface area contributed by atoms with E-state index >= 15 is 0 Å². The summed E-state index contributed by atoms with van der Waals surface area (Å²) in [5.74, 6) is 0.834. The molecule has 3 heteroatoms. The van der Waals surface area contributed by atoms with E-state index in [2.05, 4.69) is 46.1 Å². The van der Waals surface area contributed by atoms with Crippen LogP contribution in [-0.4, -0.2) is 22.1 Å². The Hall–Kier alpha value is -1.35. The smallest absolute Gasteiger partial charge is 0.0958 e. The second kappa shape index (κ2) is 5.74. The SMILES string of the molecule is CCNC(Cn1cnc2ccccc21)C1CCCC1. The molecule has 3 rings (SSSR count). The number of nitrogens with one attached hydrogen (secondary N) is 1. The van der Waals surface area contributed by atoms with Crippen LogP contribution in [-0.2, 0) is 6.54 Å². The molecule has 0 spiro atoms. The molecule has 1 N–H and O–H groups in total. The highest BCUT2D eigenvalue weighted by atomic mass is 15.1. The number of hydrogen-bond acceptors (Lipinski definition) is 2. The average Bonchev–Trinajstić information content (AvgIpc) is 3.08. The third kappa shape index (κ3) is 2.66. The van der Waals surface area contributed by atoms with E-state index in [-0.39, 0.29) is 0 Å². The van der Waals surface area contributed by atoms with E-state index in [0.29, 0.717) is 6.04 Å². The largest absolute Gasteiger partial charge is 0.329 e. The van der Waals surface area contributed by atoms with Gasteiger partial charge in [0.2, 0.25) is 0 Å². The zero-order valence-corrected chi connectivity index (χ0v) is 11.7. The van der Waals surface area contributed by atoms with E-state index in [1.807, 2.05) is 6.33 Å². The molecular weight excluding hydrogens is 234 g/mol. The van der Waals surface area contributed by atoms with Gasteiger partial charge in [-0.3, -0.25) is 0 Å². The number of para-hydroxylation sites is 2. The van der Waals surface area contributed by atoms with Crippen LogP contribution in [0.1, 0.15) is 32.6 Å². The molecule has 2 aromatic rings. The summed E-state index contributed by atoms with van der Waals surface area (Å²) in [5.41, 5.74) is 2.35. The van der Waals surface area contributed by atoms with Gasteiger partial charge in [-0.05, 0) is 37.4 Å². The van der Waals surface area contributed by atoms with Crippen molar-refractivity contribution >= 4 is 11.0 Å². The fourth-order valence-corrected chi connectivity index (χ4v) is 3.37. The van der Waals surface area contributed by atoms with Crippen molar-refractivity contribution in [2.75, 3.05) is 6.54 Å². The van der Waals surface area contributed by atoms with Gasteiger partial charge in [-0.25, -0.2) is 4.98 Å². The molecule has 1 heterocycles. The molecule has 1 unspecified atom stereocenters. The maximum Gasteiger partial charge on any atom is 0.0958 e. The molecule has 1 aliphatic carbocycles. The van der Waals surface area contributed by atoms with Crippen molar-refractivity contribution in [2.24, 2.45) is 5.92 Å². The quantitative estimate of drug-likeness (QED) is 0.891. The highest BCUT2D eigenvalue weighted by Crippen LogP contribution is 2.29. The molecule has 1 aromatic heterocycles. The molecular formula is C16H23N3. The van der Waals surface area contributed by atoms with Crippen LogP contribution in [0.5, 0.6) is 0 Å². The van der Waals surface area contributed by atoms with E-state index in [4.69, 9.17) is 0 Å². The number of rotatable bonds is 5. The number of nitrogens with zero attached hydrogens (tertiary/aromatic N) is 2. The van der Waals surface area contributed by atoms with Gasteiger partial charge >= 0.3 is 0 Å². The van der Waals surface area contributed by atoms with Crippen LogP contribution in [0.3, 0.4) is 0 Å². The first-order valence-corrected chi connectivity index (χ1v) is 7.51. The molecule has 1 saturated carbocycles. The van der Waals surface area contributed by atoms with Crippen molar-refractivity contribution in [3.8, 4) is 0 Å². The molecule has 1 fully saturated rings. The van der Waals surface area contributed by atoms with Gasteiger partial charge in [-0.15, -0.1) is 0 Å². The summed E-state index contributed by atoms with van der Waals surface area (Å²) >= 11 is 0. The second-order valence-corrected chi connectivity index (χ2v) is 5.59. The summed E-state index contributed by atoms with van der Waals surface area (Å²) in [7, 11) is 0. The van der Waals surface area contributed by atoms with Gasteiger partial charge in [-0.2, -0.15) is 0 Å². The van der Waals surface area contributed by atoms with E-state index in [1.165, 1.54) is 31.2 Å². The molecule has 1 aromatic carbocycles. The van der Waals surface area contributed by atoms with Crippen molar-refractivity contribution in [2.45, 2.75) is 45.2 Å². The Morgan fingerprint density at radius 2 is 2.11 bits per heavy atom. The zero-order valence-electron chi connectivity index (χ0n) is 11.7. The Bertz CT molecular complexity index is 526. The first-order chi connectivity index (χ1) is 9.38. The van der Waals surface area contributed by atoms with E-state index in [9.17, 15) is 0 Å². The van der Waals surface area contributed by atoms with Crippen molar-refractivity contribution in [3.05, 3.63) is 30.6 Å². The summed E-state index contributed by atoms with van der Waals surface area (Å²) in [5, 5.41) is 3.68. The Labute approximate surface area is 115 Å². The number of benzene rings is 1. The van der Waals surface area contributed by atoms with Crippen LogP contribution in [0.15, 0.2) is 30.6 Å². The second-order valence-electron chi connectivity index (χ2n) is 5.59. The maximum absolute atomic E-state index is 4.49. The lowest BCUT2D eigenvalue weighted by atomic mass is 9.98. The molecule has 0 aliphatic heterocycles. The van der Waals surface area contributed by atoms with Gasteiger partial charge in [0.15, 0.2) is 0 Å². The number of aromatic nitrogens is 2. The van der Waals surface area contributed by atoms with Crippen LogP contribution >= 0.6 is 0 Å². The van der Waals surface area contributed by atoms with Crippen molar-refractivity contribution in [1.29, 1.82) is 0 Å². The van der Waals surface area contributed by atoms with Gasteiger partial charge in [0.1, 0.15) is 0 Å². The Morgan fingerprint density at radius 3 is 2.89 bits per heavy atom. The van der Waals surface area contributed by atoms with Crippen LogP contribution in [0.4, 0.5) is 0 Å². The lowest BCUT2D eigenvalue weighted by Crippen LogP contribution is -2.38. The summed E-state index contributed by atoms with van der Waals surface area (Å²) in [4.78, 5) is 4.49. The topological polar surface area (TPSA) is 29.9 Å². The van der Waals surface area contributed by atoms with Crippen molar-refractivity contribution < 1.29 is 0 Å².